The maximum Gasteiger partial charge on any atom is 0.243 e. The molecule has 3 rings (SSSR count). The van der Waals surface area contributed by atoms with E-state index in [1.807, 2.05) is 63.2 Å². The summed E-state index contributed by atoms with van der Waals surface area (Å²) >= 11 is 0. The second-order valence-electron chi connectivity index (χ2n) is 9.58. The number of carbonyl (C=O) groups excluding carboxylic acids is 2. The van der Waals surface area contributed by atoms with Crippen LogP contribution in [0.25, 0.3) is 0 Å². The average Bonchev–Trinajstić information content (AvgIpc) is 2.82. The van der Waals surface area contributed by atoms with Crippen molar-refractivity contribution in [1.29, 1.82) is 0 Å². The van der Waals surface area contributed by atoms with E-state index in [4.69, 9.17) is 4.74 Å². The van der Waals surface area contributed by atoms with Crippen molar-refractivity contribution in [2.45, 2.75) is 51.7 Å². The zero-order valence-corrected chi connectivity index (χ0v) is 20.8. The first-order chi connectivity index (χ1) is 16.7. The zero-order valence-electron chi connectivity index (χ0n) is 20.8. The number of amides is 2. The molecule has 0 aromatic heterocycles. The molecule has 0 fully saturated rings. The molecule has 0 saturated heterocycles. The first kappa shape index (κ1) is 25.9. The molecule has 0 unspecified atom stereocenters. The molecule has 35 heavy (non-hydrogen) atoms. The van der Waals surface area contributed by atoms with Gasteiger partial charge in [-0.25, -0.2) is 4.39 Å². The van der Waals surface area contributed by atoms with E-state index in [0.29, 0.717) is 17.7 Å². The van der Waals surface area contributed by atoms with E-state index in [1.54, 1.807) is 37.4 Å². The third-order valence-corrected chi connectivity index (χ3v) is 5.58. The predicted molar refractivity (Wildman–Crippen MR) is 135 cm³/mol. The molecule has 2 amide bonds. The molecule has 0 radical (unpaired) electrons. The molecular formula is C29H33FN2O3. The lowest BCUT2D eigenvalue weighted by molar-refractivity contribution is -0.141. The molecule has 3 aromatic carbocycles. The van der Waals surface area contributed by atoms with Gasteiger partial charge in [-0.2, -0.15) is 0 Å². The van der Waals surface area contributed by atoms with Gasteiger partial charge in [0.1, 0.15) is 17.6 Å². The number of hydrogen-bond acceptors (Lipinski definition) is 3. The van der Waals surface area contributed by atoms with Gasteiger partial charge in [-0.15, -0.1) is 0 Å². The van der Waals surface area contributed by atoms with Crippen molar-refractivity contribution in [1.82, 2.24) is 10.2 Å². The number of methoxy groups -OCH3 is 1. The highest BCUT2D eigenvalue weighted by molar-refractivity contribution is 5.89. The lowest BCUT2D eigenvalue weighted by atomic mass is 9.99. The van der Waals surface area contributed by atoms with Crippen molar-refractivity contribution >= 4 is 11.8 Å². The van der Waals surface area contributed by atoms with E-state index in [1.165, 1.54) is 11.0 Å². The summed E-state index contributed by atoms with van der Waals surface area (Å²) < 4.78 is 19.8. The Balaban J connectivity index is 1.98. The van der Waals surface area contributed by atoms with Crippen LogP contribution < -0.4 is 10.1 Å². The van der Waals surface area contributed by atoms with Gasteiger partial charge in [0, 0.05) is 24.1 Å². The SMILES string of the molecule is COc1ccc(CC(=O)N(Cc2ccccc2F)[C@@H](Cc2ccccc2)C(=O)NC(C)(C)C)cc1. The predicted octanol–water partition coefficient (Wildman–Crippen LogP) is 4.93. The smallest absolute Gasteiger partial charge is 0.243 e. The van der Waals surface area contributed by atoms with Crippen molar-refractivity contribution in [3.8, 4) is 5.75 Å². The second kappa shape index (κ2) is 11.6. The van der Waals surface area contributed by atoms with Crippen LogP contribution in [-0.4, -0.2) is 35.4 Å². The van der Waals surface area contributed by atoms with Crippen molar-refractivity contribution in [3.63, 3.8) is 0 Å². The highest BCUT2D eigenvalue weighted by Crippen LogP contribution is 2.20. The highest BCUT2D eigenvalue weighted by Gasteiger charge is 2.32. The summed E-state index contributed by atoms with van der Waals surface area (Å²) in [7, 11) is 1.58. The number of nitrogens with one attached hydrogen (secondary N) is 1. The molecule has 1 N–H and O–H groups in total. The van der Waals surface area contributed by atoms with Gasteiger partial charge in [-0.1, -0.05) is 60.7 Å². The molecule has 1 atom stereocenters. The molecule has 0 aliphatic carbocycles. The van der Waals surface area contributed by atoms with Crippen LogP contribution in [0.3, 0.4) is 0 Å². The fourth-order valence-corrected chi connectivity index (χ4v) is 3.84. The van der Waals surface area contributed by atoms with Crippen LogP contribution in [0.1, 0.15) is 37.5 Å². The van der Waals surface area contributed by atoms with Crippen LogP contribution in [0.5, 0.6) is 5.75 Å². The van der Waals surface area contributed by atoms with Gasteiger partial charge in [-0.3, -0.25) is 9.59 Å². The van der Waals surface area contributed by atoms with E-state index in [0.717, 1.165) is 11.1 Å². The van der Waals surface area contributed by atoms with Crippen LogP contribution in [0.15, 0.2) is 78.9 Å². The van der Waals surface area contributed by atoms with Gasteiger partial charge >= 0.3 is 0 Å². The summed E-state index contributed by atoms with van der Waals surface area (Å²) in [5.41, 5.74) is 1.56. The van der Waals surface area contributed by atoms with Crippen molar-refractivity contribution in [2.24, 2.45) is 0 Å². The number of benzene rings is 3. The van der Waals surface area contributed by atoms with Crippen LogP contribution in [0, 0.1) is 5.82 Å². The van der Waals surface area contributed by atoms with Crippen molar-refractivity contribution in [2.75, 3.05) is 7.11 Å². The average molecular weight is 477 g/mol. The Hall–Kier alpha value is -3.67. The van der Waals surface area contributed by atoms with E-state index >= 15 is 0 Å². The first-order valence-electron chi connectivity index (χ1n) is 11.7. The summed E-state index contributed by atoms with van der Waals surface area (Å²) in [6, 6.07) is 22.3. The summed E-state index contributed by atoms with van der Waals surface area (Å²) in [5, 5.41) is 3.01. The molecular weight excluding hydrogens is 443 g/mol. The molecule has 5 nitrogen and oxygen atoms in total. The monoisotopic (exact) mass is 476 g/mol. The molecule has 0 bridgehead atoms. The van der Waals surface area contributed by atoms with E-state index in [-0.39, 0.29) is 24.8 Å². The fraction of sp³-hybridized carbons (Fsp3) is 0.310. The second-order valence-corrected chi connectivity index (χ2v) is 9.58. The van der Waals surface area contributed by atoms with E-state index in [2.05, 4.69) is 5.32 Å². The largest absolute Gasteiger partial charge is 0.497 e. The van der Waals surface area contributed by atoms with Crippen molar-refractivity contribution < 1.29 is 18.7 Å². The van der Waals surface area contributed by atoms with Gasteiger partial charge in [0.05, 0.1) is 13.5 Å². The van der Waals surface area contributed by atoms with E-state index in [9.17, 15) is 14.0 Å². The fourth-order valence-electron chi connectivity index (χ4n) is 3.84. The number of hydrogen-bond donors (Lipinski definition) is 1. The summed E-state index contributed by atoms with van der Waals surface area (Å²) in [6.45, 7) is 5.66. The molecule has 6 heteroatoms. The minimum absolute atomic E-state index is 0.0171. The first-order valence-corrected chi connectivity index (χ1v) is 11.7. The maximum atomic E-state index is 14.6. The quantitative estimate of drug-likeness (QED) is 0.476. The summed E-state index contributed by atoms with van der Waals surface area (Å²) in [6.07, 6.45) is 0.387. The molecule has 0 heterocycles. The number of halogens is 1. The molecule has 0 saturated carbocycles. The Labute approximate surface area is 206 Å². The standard InChI is InChI=1S/C29H33FN2O3/c1-29(2,3)31-28(34)26(18-21-10-6-5-7-11-21)32(20-23-12-8-9-13-25(23)30)27(33)19-22-14-16-24(35-4)17-15-22/h5-17,26H,18-20H2,1-4H3,(H,31,34)/t26-/m0/s1. The van der Waals surface area contributed by atoms with Crippen LogP contribution in [0.4, 0.5) is 4.39 Å². The van der Waals surface area contributed by atoms with Gasteiger partial charge in [0.15, 0.2) is 0 Å². The van der Waals surface area contributed by atoms with Crippen LogP contribution in [-0.2, 0) is 29.0 Å². The van der Waals surface area contributed by atoms with Gasteiger partial charge < -0.3 is 15.0 Å². The van der Waals surface area contributed by atoms with Crippen LogP contribution in [0.2, 0.25) is 0 Å². The number of rotatable bonds is 9. The van der Waals surface area contributed by atoms with E-state index < -0.39 is 17.4 Å². The maximum absolute atomic E-state index is 14.6. The summed E-state index contributed by atoms with van der Waals surface area (Å²) in [4.78, 5) is 28.7. The Morgan fingerprint density at radius 1 is 0.914 bits per heavy atom. The Kier molecular flexibility index (Phi) is 8.63. The molecule has 0 aliphatic heterocycles. The minimum Gasteiger partial charge on any atom is -0.497 e. The third-order valence-electron chi connectivity index (χ3n) is 5.58. The Morgan fingerprint density at radius 2 is 1.54 bits per heavy atom. The summed E-state index contributed by atoms with van der Waals surface area (Å²) in [5.74, 6) is -0.260. The zero-order chi connectivity index (χ0) is 25.4. The lowest BCUT2D eigenvalue weighted by Gasteiger charge is -2.34. The normalized spacial score (nSPS) is 12.0. The van der Waals surface area contributed by atoms with Crippen LogP contribution >= 0.6 is 0 Å². The van der Waals surface area contributed by atoms with Gasteiger partial charge in [0.25, 0.3) is 0 Å². The Morgan fingerprint density at radius 3 is 2.14 bits per heavy atom. The minimum atomic E-state index is -0.818. The number of nitrogens with zero attached hydrogens (tertiary/aromatic N) is 1. The van der Waals surface area contributed by atoms with Crippen molar-refractivity contribution in [3.05, 3.63) is 101 Å². The van der Waals surface area contributed by atoms with Gasteiger partial charge in [-0.05, 0) is 50.1 Å². The molecule has 0 spiro atoms. The van der Waals surface area contributed by atoms with Gasteiger partial charge in [0.2, 0.25) is 11.8 Å². The number of ether oxygens (including phenoxy) is 1. The number of carbonyl (C=O) groups is 2. The lowest BCUT2D eigenvalue weighted by Crippen LogP contribution is -2.54. The molecule has 184 valence electrons. The topological polar surface area (TPSA) is 58.6 Å². The highest BCUT2D eigenvalue weighted by atomic mass is 19.1. The Bertz CT molecular complexity index is 1120. The molecule has 3 aromatic rings. The third kappa shape index (κ3) is 7.67. The molecule has 0 aliphatic rings.